The molecule has 0 spiro atoms. The molecule has 8 aromatic rings. The molecule has 0 N–H and O–H groups in total. The maximum Gasteiger partial charge on any atom is 0.140 e. The number of imidazole rings is 1. The van der Waals surface area contributed by atoms with Crippen LogP contribution in [0.5, 0.6) is 0 Å². The molecule has 0 aliphatic heterocycles. The van der Waals surface area contributed by atoms with Crippen molar-refractivity contribution in [1.82, 2.24) is 23.7 Å². The maximum atomic E-state index is 4.98. The van der Waals surface area contributed by atoms with Gasteiger partial charge in [0, 0.05) is 53.2 Å². The van der Waals surface area contributed by atoms with E-state index in [0.29, 0.717) is 0 Å². The molecule has 0 bridgehead atoms. The lowest BCUT2D eigenvalue weighted by atomic mass is 10.1. The van der Waals surface area contributed by atoms with Gasteiger partial charge < -0.3 is 13.7 Å². The number of rotatable bonds is 4. The van der Waals surface area contributed by atoms with E-state index in [-0.39, 0.29) is 0 Å². The molecule has 190 valence electrons. The van der Waals surface area contributed by atoms with E-state index >= 15 is 0 Å². The molecule has 4 aromatic carbocycles. The number of hydrogen-bond acceptors (Lipinski definition) is 2. The van der Waals surface area contributed by atoms with Crippen molar-refractivity contribution in [1.29, 1.82) is 0 Å². The number of hydrogen-bond donors (Lipinski definition) is 0. The Morgan fingerprint density at radius 3 is 2.23 bits per heavy atom. The first-order valence-electron chi connectivity index (χ1n) is 13.4. The second-order valence-corrected chi connectivity index (χ2v) is 10.1. The molecule has 4 heterocycles. The molecule has 5 nitrogen and oxygen atoms in total. The lowest BCUT2D eigenvalue weighted by Gasteiger charge is -2.15. The molecule has 0 atom stereocenters. The van der Waals surface area contributed by atoms with Crippen LogP contribution in [0.15, 0.2) is 134 Å². The van der Waals surface area contributed by atoms with Crippen molar-refractivity contribution in [3.8, 4) is 34.0 Å². The van der Waals surface area contributed by atoms with Crippen LogP contribution in [0.2, 0.25) is 0 Å². The first kappa shape index (κ1) is 22.6. The molecule has 0 fully saturated rings. The highest BCUT2D eigenvalue weighted by atomic mass is 15.1. The second kappa shape index (κ2) is 8.82. The average Bonchev–Trinajstić information content (AvgIpc) is 3.74. The Labute approximate surface area is 231 Å². The largest absolute Gasteiger partial charge is 0.327 e. The normalized spacial score (nSPS) is 11.6. The summed E-state index contributed by atoms with van der Waals surface area (Å²) >= 11 is 0. The molecule has 0 radical (unpaired) electrons. The number of fused-ring (bicyclic) bond motifs is 4. The van der Waals surface area contributed by atoms with Gasteiger partial charge in [-0.15, -0.1) is 0 Å². The Hall–Kier alpha value is -5.42. The summed E-state index contributed by atoms with van der Waals surface area (Å²) in [6, 6.07) is 40.4. The van der Waals surface area contributed by atoms with E-state index in [9.17, 15) is 0 Å². The summed E-state index contributed by atoms with van der Waals surface area (Å²) in [5, 5.41) is 2.44. The number of benzene rings is 4. The van der Waals surface area contributed by atoms with E-state index < -0.39 is 0 Å². The average molecular weight is 516 g/mol. The summed E-state index contributed by atoms with van der Waals surface area (Å²) < 4.78 is 6.68. The predicted molar refractivity (Wildman–Crippen MR) is 163 cm³/mol. The molecule has 5 heteroatoms. The lowest BCUT2D eigenvalue weighted by Crippen LogP contribution is -2.00. The van der Waals surface area contributed by atoms with Crippen molar-refractivity contribution < 1.29 is 0 Å². The van der Waals surface area contributed by atoms with Crippen LogP contribution in [0, 0.1) is 0 Å². The van der Waals surface area contributed by atoms with Gasteiger partial charge in [0.1, 0.15) is 5.82 Å². The van der Waals surface area contributed by atoms with Crippen molar-refractivity contribution in [2.45, 2.75) is 0 Å². The van der Waals surface area contributed by atoms with Crippen molar-refractivity contribution >= 4 is 32.8 Å². The van der Waals surface area contributed by atoms with Gasteiger partial charge in [-0.1, -0.05) is 48.5 Å². The van der Waals surface area contributed by atoms with Crippen LogP contribution in [0.4, 0.5) is 0 Å². The molecule has 4 aromatic heterocycles. The summed E-state index contributed by atoms with van der Waals surface area (Å²) in [7, 11) is 2.09. The lowest BCUT2D eigenvalue weighted by molar-refractivity contribution is 0.959. The summed E-state index contributed by atoms with van der Waals surface area (Å²) in [5.74, 6) is 0.956. The topological polar surface area (TPSA) is 40.6 Å². The molecule has 0 saturated carbocycles. The number of para-hydroxylation sites is 3. The van der Waals surface area contributed by atoms with E-state index in [4.69, 9.17) is 9.97 Å². The number of aryl methyl sites for hydroxylation is 1. The van der Waals surface area contributed by atoms with Crippen LogP contribution in [-0.2, 0) is 7.05 Å². The van der Waals surface area contributed by atoms with Crippen LogP contribution < -0.4 is 0 Å². The third-order valence-electron chi connectivity index (χ3n) is 7.78. The fourth-order valence-corrected chi connectivity index (χ4v) is 5.90. The fourth-order valence-electron chi connectivity index (χ4n) is 5.90. The quantitative estimate of drug-likeness (QED) is 0.237. The summed E-state index contributed by atoms with van der Waals surface area (Å²) in [4.78, 5) is 9.70. The first-order chi connectivity index (χ1) is 19.8. The molecule has 40 heavy (non-hydrogen) atoms. The smallest absolute Gasteiger partial charge is 0.140 e. The molecule has 0 aliphatic rings. The second-order valence-electron chi connectivity index (χ2n) is 10.1. The van der Waals surface area contributed by atoms with Gasteiger partial charge in [-0.25, -0.2) is 4.98 Å². The molecule has 8 rings (SSSR count). The van der Waals surface area contributed by atoms with Crippen molar-refractivity contribution in [2.24, 2.45) is 7.05 Å². The molecule has 0 amide bonds. The zero-order valence-electron chi connectivity index (χ0n) is 21.9. The van der Waals surface area contributed by atoms with Crippen LogP contribution in [0.25, 0.3) is 66.9 Å². The molecule has 0 saturated heterocycles. The van der Waals surface area contributed by atoms with Gasteiger partial charge in [0.25, 0.3) is 0 Å². The molecular formula is C35H25N5. The van der Waals surface area contributed by atoms with Crippen molar-refractivity contribution in [2.75, 3.05) is 0 Å². The zero-order valence-corrected chi connectivity index (χ0v) is 21.9. The first-order valence-corrected chi connectivity index (χ1v) is 13.4. The van der Waals surface area contributed by atoms with Crippen LogP contribution >= 0.6 is 0 Å². The highest BCUT2D eigenvalue weighted by Gasteiger charge is 2.17. The minimum atomic E-state index is 0.939. The Morgan fingerprint density at radius 1 is 0.625 bits per heavy atom. The van der Waals surface area contributed by atoms with E-state index in [1.54, 1.807) is 0 Å². The summed E-state index contributed by atoms with van der Waals surface area (Å²) in [5.41, 5.74) is 9.72. The van der Waals surface area contributed by atoms with E-state index in [2.05, 4.69) is 118 Å². The third-order valence-corrected chi connectivity index (χ3v) is 7.78. The molecule has 0 unspecified atom stereocenters. The Bertz CT molecular complexity index is 2170. The zero-order chi connectivity index (χ0) is 26.6. The Kier molecular flexibility index (Phi) is 4.97. The maximum absolute atomic E-state index is 4.98. The standard InChI is InChI=1S/C35H25N5/c1-38-33-14-5-3-12-30(33)37-35(38)24-15-17-27-26-10-2-4-13-32(26)40(34(27)22-24)25-16-18-31(39-20-8-9-21-39)28(23-25)29-11-6-7-19-36-29/h2-23H,1H3. The number of aromatic nitrogens is 5. The van der Waals surface area contributed by atoms with Gasteiger partial charge >= 0.3 is 0 Å². The van der Waals surface area contributed by atoms with E-state index in [1.165, 1.54) is 16.3 Å². The van der Waals surface area contributed by atoms with E-state index in [0.717, 1.165) is 50.6 Å². The highest BCUT2D eigenvalue weighted by molar-refractivity contribution is 6.10. The van der Waals surface area contributed by atoms with Crippen LogP contribution in [0.1, 0.15) is 0 Å². The summed E-state index contributed by atoms with van der Waals surface area (Å²) in [6.07, 6.45) is 6.00. The van der Waals surface area contributed by atoms with E-state index in [1.807, 2.05) is 36.5 Å². The number of nitrogens with zero attached hydrogens (tertiary/aromatic N) is 5. The third kappa shape index (κ3) is 3.41. The molecular weight excluding hydrogens is 490 g/mol. The summed E-state index contributed by atoms with van der Waals surface area (Å²) in [6.45, 7) is 0. The molecule has 0 aliphatic carbocycles. The van der Waals surface area contributed by atoms with Crippen LogP contribution in [0.3, 0.4) is 0 Å². The van der Waals surface area contributed by atoms with Gasteiger partial charge in [-0.05, 0) is 66.7 Å². The van der Waals surface area contributed by atoms with Crippen molar-refractivity contribution in [3.63, 3.8) is 0 Å². The minimum absolute atomic E-state index is 0.939. The minimum Gasteiger partial charge on any atom is -0.327 e. The Balaban J connectivity index is 1.40. The fraction of sp³-hybridized carbons (Fsp3) is 0.0286. The Morgan fingerprint density at radius 2 is 1.40 bits per heavy atom. The SMILES string of the molecule is Cn1c(-c2ccc3c4ccccc4n(-c4ccc(-n5cccc5)c(-c5ccccn5)c4)c3c2)nc2ccccc21. The highest BCUT2D eigenvalue weighted by Crippen LogP contribution is 2.37. The van der Waals surface area contributed by atoms with Gasteiger partial charge in [0.15, 0.2) is 0 Å². The monoisotopic (exact) mass is 515 g/mol. The van der Waals surface area contributed by atoms with Crippen LogP contribution in [-0.4, -0.2) is 23.7 Å². The van der Waals surface area contributed by atoms with Gasteiger partial charge in [-0.2, -0.15) is 0 Å². The van der Waals surface area contributed by atoms with Gasteiger partial charge in [-0.3, -0.25) is 4.98 Å². The van der Waals surface area contributed by atoms with Crippen molar-refractivity contribution in [3.05, 3.63) is 134 Å². The van der Waals surface area contributed by atoms with Gasteiger partial charge in [0.2, 0.25) is 0 Å². The van der Waals surface area contributed by atoms with Gasteiger partial charge in [0.05, 0.1) is 33.4 Å². The predicted octanol–water partition coefficient (Wildman–Crippen LogP) is 8.19. The number of pyridine rings is 1.